The Morgan fingerprint density at radius 1 is 1.04 bits per heavy atom. The highest BCUT2D eigenvalue weighted by atomic mass is 19.1. The van der Waals surface area contributed by atoms with Gasteiger partial charge in [-0.3, -0.25) is 4.79 Å². The van der Waals surface area contributed by atoms with Crippen LogP contribution in [0.3, 0.4) is 0 Å². The molecule has 2 N–H and O–H groups in total. The summed E-state index contributed by atoms with van der Waals surface area (Å²) in [5.41, 5.74) is 0.776. The lowest BCUT2D eigenvalue weighted by atomic mass is 10.1. The molecule has 2 aromatic carbocycles. The second kappa shape index (κ2) is 9.88. The van der Waals surface area contributed by atoms with E-state index in [0.29, 0.717) is 18.4 Å². The molecule has 5 nitrogen and oxygen atoms in total. The number of ether oxygens (including phenoxy) is 1. The summed E-state index contributed by atoms with van der Waals surface area (Å²) in [7, 11) is 0. The summed E-state index contributed by atoms with van der Waals surface area (Å²) >= 11 is 0. The summed E-state index contributed by atoms with van der Waals surface area (Å²) in [6.45, 7) is 5.54. The van der Waals surface area contributed by atoms with Gasteiger partial charge >= 0.3 is 6.09 Å². The van der Waals surface area contributed by atoms with Crippen molar-refractivity contribution in [3.8, 4) is 0 Å². The molecule has 0 unspecified atom stereocenters. The molecular formula is C22H27FN2O3. The van der Waals surface area contributed by atoms with Gasteiger partial charge in [0.2, 0.25) is 5.91 Å². The van der Waals surface area contributed by atoms with Gasteiger partial charge in [-0.25, -0.2) is 9.18 Å². The molecule has 0 saturated heterocycles. The van der Waals surface area contributed by atoms with E-state index in [1.165, 1.54) is 6.07 Å². The van der Waals surface area contributed by atoms with Crippen LogP contribution in [0.5, 0.6) is 0 Å². The predicted molar refractivity (Wildman–Crippen MR) is 106 cm³/mol. The molecule has 0 radical (unpaired) electrons. The van der Waals surface area contributed by atoms with Crippen LogP contribution in [0.4, 0.5) is 9.18 Å². The molecule has 2 aromatic rings. The Labute approximate surface area is 165 Å². The molecule has 0 saturated carbocycles. The van der Waals surface area contributed by atoms with E-state index in [-0.39, 0.29) is 18.3 Å². The summed E-state index contributed by atoms with van der Waals surface area (Å²) < 4.78 is 19.0. The molecule has 0 heterocycles. The quantitative estimate of drug-likeness (QED) is 0.764. The number of hydrogen-bond donors (Lipinski definition) is 2. The van der Waals surface area contributed by atoms with E-state index in [2.05, 4.69) is 10.6 Å². The zero-order valence-electron chi connectivity index (χ0n) is 16.5. The Morgan fingerprint density at radius 2 is 1.68 bits per heavy atom. The average molecular weight is 386 g/mol. The number of carbonyl (C=O) groups is 2. The number of benzene rings is 2. The van der Waals surface area contributed by atoms with Crippen LogP contribution in [0.25, 0.3) is 0 Å². The fourth-order valence-electron chi connectivity index (χ4n) is 2.65. The summed E-state index contributed by atoms with van der Waals surface area (Å²) in [6.07, 6.45) is 0.0341. The van der Waals surface area contributed by atoms with Crippen LogP contribution in [0.1, 0.15) is 31.9 Å². The monoisotopic (exact) mass is 386 g/mol. The van der Waals surface area contributed by atoms with Crippen molar-refractivity contribution in [2.45, 2.75) is 45.3 Å². The minimum Gasteiger partial charge on any atom is -0.444 e. The Balaban J connectivity index is 1.99. The third-order valence-corrected chi connectivity index (χ3v) is 3.94. The molecule has 0 aliphatic rings. The fourth-order valence-corrected chi connectivity index (χ4v) is 2.65. The van der Waals surface area contributed by atoms with Gasteiger partial charge < -0.3 is 15.4 Å². The number of halogens is 1. The van der Waals surface area contributed by atoms with E-state index in [1.807, 2.05) is 30.3 Å². The molecule has 0 bridgehead atoms. The Bertz CT molecular complexity index is 788. The first-order valence-corrected chi connectivity index (χ1v) is 9.29. The molecular weight excluding hydrogens is 359 g/mol. The number of carbonyl (C=O) groups excluding carboxylic acids is 2. The van der Waals surface area contributed by atoms with Gasteiger partial charge in [-0.15, -0.1) is 0 Å². The van der Waals surface area contributed by atoms with Crippen LogP contribution in [0, 0.1) is 5.82 Å². The van der Waals surface area contributed by atoms with Crippen LogP contribution >= 0.6 is 0 Å². The van der Waals surface area contributed by atoms with E-state index < -0.39 is 17.7 Å². The first kappa shape index (κ1) is 21.4. The predicted octanol–water partition coefficient (Wildman–Crippen LogP) is 3.62. The van der Waals surface area contributed by atoms with Gasteiger partial charge in [0.25, 0.3) is 0 Å². The fraction of sp³-hybridized carbons (Fsp3) is 0.364. The Kier molecular flexibility index (Phi) is 7.55. The van der Waals surface area contributed by atoms with E-state index in [4.69, 9.17) is 4.74 Å². The maximum atomic E-state index is 13.7. The van der Waals surface area contributed by atoms with Gasteiger partial charge in [-0.2, -0.15) is 0 Å². The number of amides is 2. The van der Waals surface area contributed by atoms with Crippen molar-refractivity contribution >= 4 is 12.0 Å². The standard InChI is InChI=1S/C22H27FN2O3/c1-22(2,3)28-21(27)25-19(15-16-9-5-4-6-10-16)20(26)24-14-13-17-11-7-8-12-18(17)23/h4-12,19H,13-15H2,1-3H3,(H,24,26)(H,25,27)/t19-/m0/s1. The first-order chi connectivity index (χ1) is 13.2. The van der Waals surface area contributed by atoms with Crippen molar-refractivity contribution in [2.24, 2.45) is 0 Å². The van der Waals surface area contributed by atoms with Crippen molar-refractivity contribution in [3.05, 3.63) is 71.5 Å². The third kappa shape index (κ3) is 7.39. The topological polar surface area (TPSA) is 67.4 Å². The zero-order chi connectivity index (χ0) is 20.6. The maximum Gasteiger partial charge on any atom is 0.408 e. The lowest BCUT2D eigenvalue weighted by molar-refractivity contribution is -0.123. The van der Waals surface area contributed by atoms with Gasteiger partial charge in [0.15, 0.2) is 0 Å². The highest BCUT2D eigenvalue weighted by Gasteiger charge is 2.24. The van der Waals surface area contributed by atoms with Crippen LogP contribution in [-0.4, -0.2) is 30.2 Å². The summed E-state index contributed by atoms with van der Waals surface area (Å²) in [5.74, 6) is -0.643. The van der Waals surface area contributed by atoms with Crippen molar-refractivity contribution in [2.75, 3.05) is 6.54 Å². The van der Waals surface area contributed by atoms with Crippen molar-refractivity contribution < 1.29 is 18.7 Å². The minimum atomic E-state index is -0.794. The third-order valence-electron chi connectivity index (χ3n) is 3.94. The average Bonchev–Trinajstić information content (AvgIpc) is 2.62. The second-order valence-corrected chi connectivity index (χ2v) is 7.52. The number of nitrogens with one attached hydrogen (secondary N) is 2. The highest BCUT2D eigenvalue weighted by Crippen LogP contribution is 2.09. The lowest BCUT2D eigenvalue weighted by Gasteiger charge is -2.23. The Morgan fingerprint density at radius 3 is 2.32 bits per heavy atom. The van der Waals surface area contributed by atoms with E-state index in [9.17, 15) is 14.0 Å². The largest absolute Gasteiger partial charge is 0.444 e. The van der Waals surface area contributed by atoms with Crippen LogP contribution < -0.4 is 10.6 Å². The molecule has 2 amide bonds. The molecule has 0 fully saturated rings. The highest BCUT2D eigenvalue weighted by molar-refractivity contribution is 5.86. The molecule has 150 valence electrons. The first-order valence-electron chi connectivity index (χ1n) is 9.29. The minimum absolute atomic E-state index is 0.265. The molecule has 0 aliphatic carbocycles. The van der Waals surface area contributed by atoms with Gasteiger partial charge in [-0.05, 0) is 44.4 Å². The van der Waals surface area contributed by atoms with Crippen molar-refractivity contribution in [3.63, 3.8) is 0 Å². The number of hydrogen-bond acceptors (Lipinski definition) is 3. The van der Waals surface area contributed by atoms with Crippen molar-refractivity contribution in [1.29, 1.82) is 0 Å². The van der Waals surface area contributed by atoms with Crippen LogP contribution in [0.2, 0.25) is 0 Å². The molecule has 0 spiro atoms. The lowest BCUT2D eigenvalue weighted by Crippen LogP contribution is -2.49. The maximum absolute atomic E-state index is 13.7. The molecule has 0 aliphatic heterocycles. The summed E-state index contributed by atoms with van der Waals surface area (Å²) in [4.78, 5) is 24.8. The molecule has 28 heavy (non-hydrogen) atoms. The molecule has 1 atom stereocenters. The smallest absolute Gasteiger partial charge is 0.408 e. The summed E-state index contributed by atoms with van der Waals surface area (Å²) in [5, 5.41) is 5.41. The van der Waals surface area contributed by atoms with Gasteiger partial charge in [0.1, 0.15) is 17.5 Å². The van der Waals surface area contributed by atoms with Gasteiger partial charge in [0.05, 0.1) is 0 Å². The second-order valence-electron chi connectivity index (χ2n) is 7.52. The van der Waals surface area contributed by atoms with E-state index >= 15 is 0 Å². The van der Waals surface area contributed by atoms with E-state index in [0.717, 1.165) is 5.56 Å². The molecule has 0 aromatic heterocycles. The zero-order valence-corrected chi connectivity index (χ0v) is 16.5. The van der Waals surface area contributed by atoms with Gasteiger partial charge in [-0.1, -0.05) is 48.5 Å². The summed E-state index contributed by atoms with van der Waals surface area (Å²) in [6, 6.07) is 15.0. The van der Waals surface area contributed by atoms with Crippen LogP contribution in [-0.2, 0) is 22.4 Å². The Hall–Kier alpha value is -2.89. The van der Waals surface area contributed by atoms with E-state index in [1.54, 1.807) is 39.0 Å². The normalized spacial score (nSPS) is 12.1. The SMILES string of the molecule is CC(C)(C)OC(=O)N[C@@H](Cc1ccccc1)C(=O)NCCc1ccccc1F. The number of rotatable bonds is 7. The molecule has 6 heteroatoms. The van der Waals surface area contributed by atoms with Gasteiger partial charge in [0, 0.05) is 13.0 Å². The van der Waals surface area contributed by atoms with Crippen molar-refractivity contribution in [1.82, 2.24) is 10.6 Å². The number of alkyl carbamates (subject to hydrolysis) is 1. The molecule has 2 rings (SSSR count). The van der Waals surface area contributed by atoms with Crippen LogP contribution in [0.15, 0.2) is 54.6 Å².